The SMILES string of the molecule is COC(=O)C1=C(C(=O)OC)C2(SCCS2)c2ccccc2C1O[Si](C)(C)c1ccccc1. The number of thioether (sulfide) groups is 2. The van der Waals surface area contributed by atoms with Crippen molar-refractivity contribution >= 4 is 49.0 Å². The first-order chi connectivity index (χ1) is 15.4. The zero-order valence-corrected chi connectivity index (χ0v) is 21.2. The minimum atomic E-state index is -2.47. The molecule has 168 valence electrons. The molecule has 0 amide bonds. The fourth-order valence-corrected chi connectivity index (χ4v) is 9.72. The quantitative estimate of drug-likeness (QED) is 0.465. The van der Waals surface area contributed by atoms with Crippen molar-refractivity contribution in [3.63, 3.8) is 0 Å². The zero-order valence-electron chi connectivity index (χ0n) is 18.5. The molecule has 1 atom stereocenters. The normalized spacial score (nSPS) is 19.6. The van der Waals surface area contributed by atoms with E-state index in [1.54, 1.807) is 23.5 Å². The Morgan fingerprint density at radius 2 is 1.50 bits per heavy atom. The van der Waals surface area contributed by atoms with Gasteiger partial charge in [0.25, 0.3) is 0 Å². The van der Waals surface area contributed by atoms with Crippen molar-refractivity contribution in [2.45, 2.75) is 23.3 Å². The zero-order chi connectivity index (χ0) is 22.9. The highest BCUT2D eigenvalue weighted by Gasteiger charge is 2.54. The molecule has 0 radical (unpaired) electrons. The summed E-state index contributed by atoms with van der Waals surface area (Å²) in [5.74, 6) is 0.651. The Hall–Kier alpha value is -2.00. The predicted octanol–water partition coefficient (Wildman–Crippen LogP) is 4.15. The standard InChI is InChI=1S/C24H26O5S2Si/c1-27-22(25)19-20(23(26)28-2)24(30-14-15-31-24)18-13-9-8-12-17(18)21(19)29-32(3,4)16-10-6-5-7-11-16/h5-13,21H,14-15H2,1-4H3. The van der Waals surface area contributed by atoms with Crippen LogP contribution in [0.3, 0.4) is 0 Å². The van der Waals surface area contributed by atoms with Crippen molar-refractivity contribution < 1.29 is 23.5 Å². The fraction of sp³-hybridized carbons (Fsp3) is 0.333. The molecule has 1 unspecified atom stereocenters. The number of carbonyl (C=O) groups excluding carboxylic acids is 2. The Balaban J connectivity index is 1.96. The second kappa shape index (κ2) is 9.09. The van der Waals surface area contributed by atoms with Gasteiger partial charge in [-0.25, -0.2) is 9.59 Å². The first-order valence-electron chi connectivity index (χ1n) is 10.4. The summed E-state index contributed by atoms with van der Waals surface area (Å²) < 4.78 is 16.5. The van der Waals surface area contributed by atoms with Gasteiger partial charge in [-0.2, -0.15) is 0 Å². The molecule has 2 aromatic rings. The molecule has 0 aromatic heterocycles. The van der Waals surface area contributed by atoms with Gasteiger partial charge in [-0.3, -0.25) is 0 Å². The molecular formula is C24H26O5S2Si. The highest BCUT2D eigenvalue weighted by Crippen LogP contribution is 2.62. The molecule has 32 heavy (non-hydrogen) atoms. The van der Waals surface area contributed by atoms with Crippen LogP contribution in [0.15, 0.2) is 65.7 Å². The molecule has 2 aromatic carbocycles. The van der Waals surface area contributed by atoms with Crippen LogP contribution < -0.4 is 5.19 Å². The average Bonchev–Trinajstić information content (AvgIpc) is 3.30. The number of hydrogen-bond donors (Lipinski definition) is 0. The third-order valence-corrected chi connectivity index (χ3v) is 11.8. The molecule has 1 heterocycles. The lowest BCUT2D eigenvalue weighted by Crippen LogP contribution is -2.48. The van der Waals surface area contributed by atoms with Crippen molar-refractivity contribution in [3.05, 3.63) is 76.9 Å². The van der Waals surface area contributed by atoms with Gasteiger partial charge >= 0.3 is 11.9 Å². The van der Waals surface area contributed by atoms with E-state index in [4.69, 9.17) is 13.9 Å². The number of ether oxygens (including phenoxy) is 2. The lowest BCUT2D eigenvalue weighted by atomic mass is 9.82. The molecule has 8 heteroatoms. The largest absolute Gasteiger partial charge is 0.466 e. The summed E-state index contributed by atoms with van der Waals surface area (Å²) in [4.78, 5) is 26.4. The van der Waals surface area contributed by atoms with Gasteiger partial charge in [0, 0.05) is 11.5 Å². The van der Waals surface area contributed by atoms with E-state index in [1.807, 2.05) is 54.6 Å². The average molecular weight is 487 g/mol. The van der Waals surface area contributed by atoms with Gasteiger partial charge in [0.15, 0.2) is 0 Å². The number of hydrogen-bond acceptors (Lipinski definition) is 7. The summed E-state index contributed by atoms with van der Waals surface area (Å²) >= 11 is 3.32. The van der Waals surface area contributed by atoms with E-state index in [9.17, 15) is 9.59 Å². The van der Waals surface area contributed by atoms with Gasteiger partial charge in [0.2, 0.25) is 8.32 Å². The Morgan fingerprint density at radius 3 is 2.12 bits per heavy atom. The molecule has 2 aliphatic rings. The molecule has 1 aliphatic carbocycles. The summed E-state index contributed by atoms with van der Waals surface area (Å²) in [5.41, 5.74) is 2.47. The minimum absolute atomic E-state index is 0.247. The number of fused-ring (bicyclic) bond motifs is 2. The van der Waals surface area contributed by atoms with Crippen LogP contribution in [0.1, 0.15) is 17.2 Å². The van der Waals surface area contributed by atoms with Gasteiger partial charge < -0.3 is 13.9 Å². The van der Waals surface area contributed by atoms with Crippen LogP contribution in [0.4, 0.5) is 0 Å². The number of benzene rings is 2. The van der Waals surface area contributed by atoms with Gasteiger partial charge in [0.1, 0.15) is 10.2 Å². The molecule has 1 saturated heterocycles. The third-order valence-electron chi connectivity index (χ3n) is 5.83. The first-order valence-corrected chi connectivity index (χ1v) is 15.3. The maximum Gasteiger partial charge on any atom is 0.337 e. The van der Waals surface area contributed by atoms with E-state index in [0.717, 1.165) is 27.8 Å². The van der Waals surface area contributed by atoms with Crippen molar-refractivity contribution in [2.24, 2.45) is 0 Å². The topological polar surface area (TPSA) is 61.8 Å². The lowest BCUT2D eigenvalue weighted by Gasteiger charge is -2.41. The van der Waals surface area contributed by atoms with Crippen molar-refractivity contribution in [3.8, 4) is 0 Å². The highest BCUT2D eigenvalue weighted by atomic mass is 32.2. The molecule has 5 nitrogen and oxygen atoms in total. The van der Waals surface area contributed by atoms with Gasteiger partial charge in [-0.15, -0.1) is 23.5 Å². The number of rotatable bonds is 5. The Morgan fingerprint density at radius 1 is 0.906 bits per heavy atom. The molecule has 1 aliphatic heterocycles. The van der Waals surface area contributed by atoms with Crippen LogP contribution >= 0.6 is 23.5 Å². The van der Waals surface area contributed by atoms with Crippen molar-refractivity contribution in [1.82, 2.24) is 0 Å². The van der Waals surface area contributed by atoms with Crippen molar-refractivity contribution in [1.29, 1.82) is 0 Å². The van der Waals surface area contributed by atoms with Gasteiger partial charge in [-0.1, -0.05) is 54.6 Å². The second-order valence-corrected chi connectivity index (χ2v) is 14.8. The van der Waals surface area contributed by atoms with E-state index >= 15 is 0 Å². The summed E-state index contributed by atoms with van der Waals surface area (Å²) in [6.45, 7) is 4.20. The Bertz CT molecular complexity index is 1060. The van der Waals surface area contributed by atoms with Crippen LogP contribution in [-0.4, -0.2) is 46.0 Å². The minimum Gasteiger partial charge on any atom is -0.466 e. The second-order valence-electron chi connectivity index (χ2n) is 8.05. The first kappa shape index (κ1) is 23.2. The summed E-state index contributed by atoms with van der Waals surface area (Å²) in [7, 11) is 0.216. The predicted molar refractivity (Wildman–Crippen MR) is 131 cm³/mol. The van der Waals surface area contributed by atoms with E-state index in [-0.39, 0.29) is 5.57 Å². The maximum atomic E-state index is 13.2. The Labute approximate surface area is 198 Å². The molecule has 1 fully saturated rings. The number of methoxy groups -OCH3 is 2. The molecule has 4 rings (SSSR count). The van der Waals surface area contributed by atoms with Gasteiger partial charge in [0.05, 0.1) is 25.4 Å². The van der Waals surface area contributed by atoms with Crippen LogP contribution in [0.25, 0.3) is 0 Å². The molecule has 0 saturated carbocycles. The Kier molecular flexibility index (Phi) is 6.58. The van der Waals surface area contributed by atoms with Crippen molar-refractivity contribution in [2.75, 3.05) is 25.7 Å². The molecule has 0 N–H and O–H groups in total. The lowest BCUT2D eigenvalue weighted by molar-refractivity contribution is -0.140. The fourth-order valence-electron chi connectivity index (χ4n) is 4.33. The summed E-state index contributed by atoms with van der Waals surface area (Å²) in [6, 6.07) is 18.0. The third kappa shape index (κ3) is 3.83. The molecule has 0 bridgehead atoms. The summed E-state index contributed by atoms with van der Waals surface area (Å²) in [6.07, 6.45) is -0.720. The van der Waals surface area contributed by atoms with Crippen LogP contribution in [0.2, 0.25) is 13.1 Å². The maximum absolute atomic E-state index is 13.2. The highest BCUT2D eigenvalue weighted by molar-refractivity contribution is 8.21. The van der Waals surface area contributed by atoms with E-state index in [2.05, 4.69) is 13.1 Å². The molecular weight excluding hydrogens is 460 g/mol. The van der Waals surface area contributed by atoms with E-state index in [1.165, 1.54) is 14.2 Å². The van der Waals surface area contributed by atoms with Crippen LogP contribution in [0.5, 0.6) is 0 Å². The van der Waals surface area contributed by atoms with Crippen LogP contribution in [0, 0.1) is 0 Å². The smallest absolute Gasteiger partial charge is 0.337 e. The molecule has 1 spiro atoms. The number of esters is 2. The van der Waals surface area contributed by atoms with Gasteiger partial charge in [-0.05, 0) is 29.4 Å². The van der Waals surface area contributed by atoms with E-state index in [0.29, 0.717) is 5.57 Å². The number of carbonyl (C=O) groups is 2. The summed E-state index contributed by atoms with van der Waals surface area (Å²) in [5, 5.41) is 1.10. The monoisotopic (exact) mass is 486 g/mol. The van der Waals surface area contributed by atoms with E-state index < -0.39 is 30.4 Å². The van der Waals surface area contributed by atoms with Crippen LogP contribution in [-0.2, 0) is 27.6 Å².